The second-order valence-corrected chi connectivity index (χ2v) is 8.58. The number of rotatable bonds is 14. The van der Waals surface area contributed by atoms with Gasteiger partial charge in [-0.05, 0) is 18.1 Å². The monoisotopic (exact) mass is 527 g/mol. The second-order valence-electron chi connectivity index (χ2n) is 8.58. The highest BCUT2D eigenvalue weighted by Gasteiger charge is 2.29. The van der Waals surface area contributed by atoms with E-state index in [0.717, 1.165) is 0 Å². The van der Waals surface area contributed by atoms with E-state index in [1.54, 1.807) is 60.7 Å². The van der Waals surface area contributed by atoms with Crippen molar-refractivity contribution in [3.63, 3.8) is 0 Å². The molecule has 0 saturated carbocycles. The van der Waals surface area contributed by atoms with Crippen molar-refractivity contribution in [1.29, 1.82) is 0 Å². The Morgan fingerprint density at radius 2 is 1.18 bits per heavy atom. The fourth-order valence-corrected chi connectivity index (χ4v) is 3.50. The first-order valence-electron chi connectivity index (χ1n) is 12.0. The van der Waals surface area contributed by atoms with Crippen LogP contribution in [0.1, 0.15) is 18.1 Å². The maximum atomic E-state index is 13.2. The molecule has 2 rings (SSSR count). The molecule has 0 radical (unpaired) electrons. The third-order valence-electron chi connectivity index (χ3n) is 5.58. The third-order valence-corrected chi connectivity index (χ3v) is 5.58. The van der Waals surface area contributed by atoms with E-state index in [1.807, 2.05) is 0 Å². The highest BCUT2D eigenvalue weighted by atomic mass is 16.4. The van der Waals surface area contributed by atoms with Gasteiger partial charge in [0.1, 0.15) is 24.2 Å². The molecule has 12 nitrogen and oxygen atoms in total. The van der Waals surface area contributed by atoms with Crippen LogP contribution in [-0.4, -0.2) is 77.1 Å². The molecule has 0 fully saturated rings. The van der Waals surface area contributed by atoms with Gasteiger partial charge in [-0.3, -0.25) is 19.2 Å². The quantitative estimate of drug-likeness (QED) is 0.153. The number of aliphatic hydroxyl groups is 1. The van der Waals surface area contributed by atoms with E-state index >= 15 is 0 Å². The minimum Gasteiger partial charge on any atom is -0.480 e. The molecule has 204 valence electrons. The van der Waals surface area contributed by atoms with Crippen LogP contribution in [0.5, 0.6) is 0 Å². The first kappa shape index (κ1) is 29.9. The lowest BCUT2D eigenvalue weighted by molar-refractivity contribution is -0.142. The summed E-state index contributed by atoms with van der Waals surface area (Å²) in [6.07, 6.45) is 0.0972. The normalized spacial score (nSPS) is 13.8. The Hall–Kier alpha value is -4.29. The summed E-state index contributed by atoms with van der Waals surface area (Å²) in [6.45, 7) is 0.250. The van der Waals surface area contributed by atoms with Crippen molar-refractivity contribution in [2.75, 3.05) is 13.2 Å². The summed E-state index contributed by atoms with van der Waals surface area (Å²) < 4.78 is 0. The topological polar surface area (TPSA) is 200 Å². The number of carbonyl (C=O) groups excluding carboxylic acids is 4. The van der Waals surface area contributed by atoms with Crippen molar-refractivity contribution >= 4 is 29.6 Å². The van der Waals surface area contributed by atoms with E-state index in [1.165, 1.54) is 6.92 Å². The SMILES string of the molecule is CC(NC(=O)C(CO)NC(=O)CN)C(=O)NC(Cc1ccccc1)C(=O)NC(Cc1ccccc1)C(=O)O. The number of amides is 4. The molecule has 4 amide bonds. The number of nitrogens with two attached hydrogens (primary N) is 1. The van der Waals surface area contributed by atoms with E-state index in [4.69, 9.17) is 5.73 Å². The highest BCUT2D eigenvalue weighted by molar-refractivity contribution is 5.95. The summed E-state index contributed by atoms with van der Waals surface area (Å²) in [5.41, 5.74) is 6.62. The summed E-state index contributed by atoms with van der Waals surface area (Å²) in [5.74, 6) is -4.17. The predicted octanol–water partition coefficient (Wildman–Crippen LogP) is -1.53. The maximum absolute atomic E-state index is 13.2. The van der Waals surface area contributed by atoms with Gasteiger partial charge in [-0.1, -0.05) is 60.7 Å². The predicted molar refractivity (Wildman–Crippen MR) is 137 cm³/mol. The average Bonchev–Trinajstić information content (AvgIpc) is 2.91. The van der Waals surface area contributed by atoms with Gasteiger partial charge in [-0.25, -0.2) is 4.79 Å². The second kappa shape index (κ2) is 15.1. The van der Waals surface area contributed by atoms with E-state index in [9.17, 15) is 34.2 Å². The van der Waals surface area contributed by atoms with Crippen molar-refractivity contribution in [3.05, 3.63) is 71.8 Å². The zero-order valence-electron chi connectivity index (χ0n) is 20.9. The van der Waals surface area contributed by atoms with E-state index in [-0.39, 0.29) is 12.8 Å². The minimum atomic E-state index is -1.32. The molecule has 2 aromatic rings. The number of aliphatic carboxylic acids is 1. The van der Waals surface area contributed by atoms with Crippen LogP contribution in [0.2, 0.25) is 0 Å². The third kappa shape index (κ3) is 9.64. The van der Waals surface area contributed by atoms with Gasteiger partial charge < -0.3 is 37.2 Å². The Morgan fingerprint density at radius 1 is 0.711 bits per heavy atom. The Morgan fingerprint density at radius 3 is 1.66 bits per heavy atom. The standard InChI is InChI=1S/C26H33N5O7/c1-16(28-25(36)21(15-32)29-22(33)14-27)23(34)30-19(12-17-8-4-2-5-9-17)24(35)31-20(26(37)38)13-18-10-6-3-7-11-18/h2-11,16,19-21,32H,12-15,27H2,1H3,(H,28,36)(H,29,33)(H,30,34)(H,31,35)(H,37,38). The molecular formula is C26H33N5O7. The first-order chi connectivity index (χ1) is 18.1. The summed E-state index contributed by atoms with van der Waals surface area (Å²) in [5, 5.41) is 28.7. The van der Waals surface area contributed by atoms with Gasteiger partial charge in [0.2, 0.25) is 23.6 Å². The number of nitrogens with one attached hydrogen (secondary N) is 4. The molecule has 0 heterocycles. The number of hydrogen-bond acceptors (Lipinski definition) is 7. The summed E-state index contributed by atoms with van der Waals surface area (Å²) in [7, 11) is 0. The largest absolute Gasteiger partial charge is 0.480 e. The first-order valence-corrected chi connectivity index (χ1v) is 12.0. The van der Waals surface area contributed by atoms with Crippen LogP contribution in [0.4, 0.5) is 0 Å². The maximum Gasteiger partial charge on any atom is 0.326 e. The number of aliphatic hydroxyl groups excluding tert-OH is 1. The lowest BCUT2D eigenvalue weighted by atomic mass is 10.0. The van der Waals surface area contributed by atoms with Crippen LogP contribution in [0.3, 0.4) is 0 Å². The van der Waals surface area contributed by atoms with Gasteiger partial charge in [0, 0.05) is 12.8 Å². The molecule has 0 aliphatic carbocycles. The van der Waals surface area contributed by atoms with Crippen LogP contribution in [0, 0.1) is 0 Å². The molecule has 4 atom stereocenters. The van der Waals surface area contributed by atoms with Crippen LogP contribution < -0.4 is 27.0 Å². The molecule has 0 saturated heterocycles. The van der Waals surface area contributed by atoms with Crippen molar-refractivity contribution in [1.82, 2.24) is 21.3 Å². The van der Waals surface area contributed by atoms with E-state index in [0.29, 0.717) is 11.1 Å². The molecule has 0 aliphatic heterocycles. The lowest BCUT2D eigenvalue weighted by Crippen LogP contribution is -2.58. The molecule has 0 spiro atoms. The lowest BCUT2D eigenvalue weighted by Gasteiger charge is -2.24. The van der Waals surface area contributed by atoms with Gasteiger partial charge in [0.25, 0.3) is 0 Å². The highest BCUT2D eigenvalue weighted by Crippen LogP contribution is 2.07. The van der Waals surface area contributed by atoms with Crippen LogP contribution in [-0.2, 0) is 36.8 Å². The Kier molecular flexibility index (Phi) is 11.9. The summed E-state index contributed by atoms with van der Waals surface area (Å²) in [6, 6.07) is 12.7. The molecule has 8 N–H and O–H groups in total. The van der Waals surface area contributed by atoms with Gasteiger partial charge in [0.15, 0.2) is 0 Å². The van der Waals surface area contributed by atoms with Gasteiger partial charge in [-0.15, -0.1) is 0 Å². The molecule has 0 aromatic heterocycles. The summed E-state index contributed by atoms with van der Waals surface area (Å²) >= 11 is 0. The Labute approximate surface area is 220 Å². The number of benzene rings is 2. The zero-order chi connectivity index (χ0) is 28.1. The van der Waals surface area contributed by atoms with Crippen LogP contribution >= 0.6 is 0 Å². The van der Waals surface area contributed by atoms with Crippen LogP contribution in [0.25, 0.3) is 0 Å². The molecule has 12 heteroatoms. The zero-order valence-corrected chi connectivity index (χ0v) is 20.9. The minimum absolute atomic E-state index is 0.0391. The molecule has 0 bridgehead atoms. The Balaban J connectivity index is 2.13. The molecule has 4 unspecified atom stereocenters. The van der Waals surface area contributed by atoms with Crippen molar-refractivity contribution in [2.45, 2.75) is 43.9 Å². The van der Waals surface area contributed by atoms with Crippen molar-refractivity contribution < 1.29 is 34.2 Å². The van der Waals surface area contributed by atoms with Gasteiger partial charge in [0.05, 0.1) is 13.2 Å². The smallest absolute Gasteiger partial charge is 0.326 e. The summed E-state index contributed by atoms with van der Waals surface area (Å²) in [4.78, 5) is 61.8. The number of carboxylic acids is 1. The molecule has 2 aromatic carbocycles. The van der Waals surface area contributed by atoms with E-state index < -0.39 is 66.9 Å². The number of carbonyl (C=O) groups is 5. The van der Waals surface area contributed by atoms with Crippen molar-refractivity contribution in [2.24, 2.45) is 5.73 Å². The average molecular weight is 528 g/mol. The number of carboxylic acid groups (broad SMARTS) is 1. The van der Waals surface area contributed by atoms with E-state index in [2.05, 4.69) is 21.3 Å². The fraction of sp³-hybridized carbons (Fsp3) is 0.346. The van der Waals surface area contributed by atoms with Crippen molar-refractivity contribution in [3.8, 4) is 0 Å². The molecule has 0 aliphatic rings. The molecule has 38 heavy (non-hydrogen) atoms. The Bertz CT molecular complexity index is 1100. The number of hydrogen-bond donors (Lipinski definition) is 7. The molecular weight excluding hydrogens is 494 g/mol. The van der Waals surface area contributed by atoms with Gasteiger partial charge >= 0.3 is 5.97 Å². The van der Waals surface area contributed by atoms with Gasteiger partial charge in [-0.2, -0.15) is 0 Å². The fourth-order valence-electron chi connectivity index (χ4n) is 3.50. The van der Waals surface area contributed by atoms with Crippen LogP contribution in [0.15, 0.2) is 60.7 Å².